The van der Waals surface area contributed by atoms with Crippen LogP contribution in [0.4, 0.5) is 0 Å². The molecule has 0 amide bonds. The van der Waals surface area contributed by atoms with Gasteiger partial charge in [0.25, 0.3) is 0 Å². The molecular formula is C32H34NSSi+. The van der Waals surface area contributed by atoms with Crippen LogP contribution in [0.3, 0.4) is 0 Å². The van der Waals surface area contributed by atoms with E-state index in [1.807, 2.05) is 11.8 Å². The van der Waals surface area contributed by atoms with Gasteiger partial charge in [-0.2, -0.15) is 0 Å². The van der Waals surface area contributed by atoms with Gasteiger partial charge in [-0.25, -0.2) is 4.57 Å². The van der Waals surface area contributed by atoms with Gasteiger partial charge in [-0.1, -0.05) is 92.9 Å². The quantitative estimate of drug-likeness (QED) is 0.137. The topological polar surface area (TPSA) is 3.88 Å². The van der Waals surface area contributed by atoms with E-state index in [9.17, 15) is 0 Å². The van der Waals surface area contributed by atoms with E-state index in [2.05, 4.69) is 113 Å². The zero-order chi connectivity index (χ0) is 24.6. The lowest BCUT2D eigenvalue weighted by molar-refractivity contribution is -0.659. The lowest BCUT2D eigenvalue weighted by atomic mass is 9.88. The van der Waals surface area contributed by atoms with Crippen LogP contribution in [-0.4, -0.2) is 8.07 Å². The summed E-state index contributed by atoms with van der Waals surface area (Å²) in [5.41, 5.74) is 5.74. The molecule has 1 aliphatic heterocycles. The van der Waals surface area contributed by atoms with Gasteiger partial charge in [-0.05, 0) is 58.0 Å². The van der Waals surface area contributed by atoms with Gasteiger partial charge in [0.05, 0.1) is 19.0 Å². The highest BCUT2D eigenvalue weighted by atomic mass is 32.2. The SMILES string of the molecule is Cc1c2c(c(CC(C)C)c3ccccc13)Sc1cc3cccc([Si](C)(C)C)c3c3cc[n+](C)c-2c13. The first-order chi connectivity index (χ1) is 16.7. The Morgan fingerprint density at radius 3 is 2.34 bits per heavy atom. The zero-order valence-corrected chi connectivity index (χ0v) is 23.7. The second kappa shape index (κ2) is 7.94. The van der Waals surface area contributed by atoms with E-state index in [-0.39, 0.29) is 0 Å². The van der Waals surface area contributed by atoms with Crippen LogP contribution in [0.5, 0.6) is 0 Å². The maximum atomic E-state index is 2.47. The molecule has 0 aliphatic carbocycles. The molecule has 176 valence electrons. The Labute approximate surface area is 214 Å². The molecule has 3 heteroatoms. The average molecular weight is 493 g/mol. The summed E-state index contributed by atoms with van der Waals surface area (Å²) in [4.78, 5) is 2.87. The van der Waals surface area contributed by atoms with Crippen molar-refractivity contribution in [2.24, 2.45) is 13.0 Å². The molecule has 6 rings (SSSR count). The number of nitrogens with zero attached hydrogens (tertiary/aromatic N) is 1. The van der Waals surface area contributed by atoms with Crippen molar-refractivity contribution in [1.82, 2.24) is 0 Å². The highest BCUT2D eigenvalue weighted by Crippen LogP contribution is 2.52. The van der Waals surface area contributed by atoms with Crippen molar-refractivity contribution in [1.29, 1.82) is 0 Å². The van der Waals surface area contributed by atoms with Crippen molar-refractivity contribution < 1.29 is 4.57 Å². The molecule has 0 N–H and O–H groups in total. The molecule has 4 aromatic carbocycles. The van der Waals surface area contributed by atoms with Crippen molar-refractivity contribution in [3.63, 3.8) is 0 Å². The third kappa shape index (κ3) is 3.39. The first kappa shape index (κ1) is 22.8. The Kier molecular flexibility index (Phi) is 5.18. The number of fused-ring (bicyclic) bond motifs is 5. The van der Waals surface area contributed by atoms with Crippen LogP contribution in [-0.2, 0) is 13.5 Å². The van der Waals surface area contributed by atoms with Crippen molar-refractivity contribution in [2.75, 3.05) is 0 Å². The number of pyridine rings is 1. The maximum absolute atomic E-state index is 2.47. The normalized spacial score (nSPS) is 13.3. The largest absolute Gasteiger partial charge is 0.222 e. The predicted octanol–water partition coefficient (Wildman–Crippen LogP) is 8.15. The van der Waals surface area contributed by atoms with Crippen molar-refractivity contribution in [2.45, 2.75) is 56.6 Å². The minimum atomic E-state index is -1.52. The summed E-state index contributed by atoms with van der Waals surface area (Å²) in [6.07, 6.45) is 3.39. The lowest BCUT2D eigenvalue weighted by Crippen LogP contribution is -2.38. The molecule has 0 atom stereocenters. The number of rotatable bonds is 3. The predicted molar refractivity (Wildman–Crippen MR) is 156 cm³/mol. The number of aryl methyl sites for hydroxylation is 2. The molecule has 0 spiro atoms. The minimum Gasteiger partial charge on any atom is -0.200 e. The van der Waals surface area contributed by atoms with Gasteiger partial charge in [-0.3, -0.25) is 0 Å². The van der Waals surface area contributed by atoms with Crippen LogP contribution in [0.25, 0.3) is 43.6 Å². The molecule has 5 aromatic rings. The Hall–Kier alpha value is -2.62. The average Bonchev–Trinajstić information content (AvgIpc) is 2.81. The van der Waals surface area contributed by atoms with Gasteiger partial charge >= 0.3 is 0 Å². The summed E-state index contributed by atoms with van der Waals surface area (Å²) in [5.74, 6) is 0.604. The second-order valence-corrected chi connectivity index (χ2v) is 17.7. The smallest absolute Gasteiger partial charge is 0.200 e. The van der Waals surface area contributed by atoms with E-state index >= 15 is 0 Å². The molecule has 1 aromatic heterocycles. The van der Waals surface area contributed by atoms with Crippen molar-refractivity contribution in [3.8, 4) is 11.3 Å². The van der Waals surface area contributed by atoms with Crippen LogP contribution < -0.4 is 9.75 Å². The Balaban J connectivity index is 1.82. The first-order valence-corrected chi connectivity index (χ1v) is 17.1. The molecule has 2 heterocycles. The van der Waals surface area contributed by atoms with E-state index < -0.39 is 8.07 Å². The van der Waals surface area contributed by atoms with Crippen LogP contribution >= 0.6 is 11.8 Å². The Bertz CT molecular complexity index is 1670. The van der Waals surface area contributed by atoms with Crippen LogP contribution in [0, 0.1) is 12.8 Å². The zero-order valence-electron chi connectivity index (χ0n) is 21.9. The van der Waals surface area contributed by atoms with Gasteiger partial charge in [0.15, 0.2) is 6.20 Å². The molecule has 0 saturated heterocycles. The molecule has 0 radical (unpaired) electrons. The van der Waals surface area contributed by atoms with Crippen LogP contribution in [0.15, 0.2) is 70.6 Å². The summed E-state index contributed by atoms with van der Waals surface area (Å²) < 4.78 is 2.37. The fourth-order valence-corrected chi connectivity index (χ4v) is 9.10. The van der Waals surface area contributed by atoms with Gasteiger partial charge in [-0.15, -0.1) is 0 Å². The van der Waals surface area contributed by atoms with E-state index in [0.29, 0.717) is 5.92 Å². The minimum absolute atomic E-state index is 0.604. The third-order valence-electron chi connectivity index (χ3n) is 7.62. The number of aromatic nitrogens is 1. The summed E-state index contributed by atoms with van der Waals surface area (Å²) >= 11 is 2.01. The molecule has 0 saturated carbocycles. The number of benzene rings is 4. The maximum Gasteiger partial charge on any atom is 0.222 e. The van der Waals surface area contributed by atoms with Crippen LogP contribution in [0.2, 0.25) is 19.6 Å². The van der Waals surface area contributed by atoms with Crippen molar-refractivity contribution in [3.05, 3.63) is 71.9 Å². The monoisotopic (exact) mass is 492 g/mol. The molecule has 0 unspecified atom stereocenters. The molecule has 35 heavy (non-hydrogen) atoms. The Morgan fingerprint density at radius 2 is 1.63 bits per heavy atom. The first-order valence-electron chi connectivity index (χ1n) is 12.8. The molecule has 1 aliphatic rings. The summed E-state index contributed by atoms with van der Waals surface area (Å²) in [5, 5.41) is 10.1. The summed E-state index contributed by atoms with van der Waals surface area (Å²) in [7, 11) is 0.711. The molecule has 1 nitrogen and oxygen atoms in total. The molecule has 0 bridgehead atoms. The number of hydrogen-bond donors (Lipinski definition) is 0. The highest BCUT2D eigenvalue weighted by Gasteiger charge is 2.33. The molecule has 0 fully saturated rings. The fourth-order valence-electron chi connectivity index (χ4n) is 6.09. The van der Waals surface area contributed by atoms with E-state index in [1.165, 1.54) is 64.5 Å². The van der Waals surface area contributed by atoms with Crippen LogP contribution in [0.1, 0.15) is 25.0 Å². The summed E-state index contributed by atoms with van der Waals surface area (Å²) in [6, 6.07) is 20.8. The van der Waals surface area contributed by atoms with E-state index in [1.54, 1.807) is 5.19 Å². The van der Waals surface area contributed by atoms with E-state index in [4.69, 9.17) is 0 Å². The van der Waals surface area contributed by atoms with Gasteiger partial charge in [0, 0.05) is 21.2 Å². The van der Waals surface area contributed by atoms with Gasteiger partial charge < -0.3 is 0 Å². The van der Waals surface area contributed by atoms with Gasteiger partial charge in [0.1, 0.15) is 7.05 Å². The highest BCUT2D eigenvalue weighted by molar-refractivity contribution is 8.00. The summed E-state index contributed by atoms with van der Waals surface area (Å²) in [6.45, 7) is 14.4. The van der Waals surface area contributed by atoms with E-state index in [0.717, 1.165) is 6.42 Å². The number of hydrogen-bond acceptors (Lipinski definition) is 1. The Morgan fingerprint density at radius 1 is 0.886 bits per heavy atom. The standard InChI is InChI=1S/C32H34NSSi/c1-19(2)17-25-23-13-9-8-12-22(23)20(3)28-31-30-24(15-16-33(31)4)29-21(18-26(30)34-32(25)28)11-10-14-27(29)35(5,6)7/h8-16,18-19H,17H2,1-7H3/q+1. The second-order valence-electron chi connectivity index (χ2n) is 11.6. The molecular weight excluding hydrogens is 459 g/mol. The third-order valence-corrected chi connectivity index (χ3v) is 10.9. The lowest BCUT2D eigenvalue weighted by Gasteiger charge is -2.27. The van der Waals surface area contributed by atoms with Gasteiger partial charge in [0.2, 0.25) is 5.69 Å². The van der Waals surface area contributed by atoms with Crippen molar-refractivity contribution >= 4 is 57.3 Å². The fraction of sp³-hybridized carbons (Fsp3) is 0.281.